The minimum absolute atomic E-state index is 0.0415. The lowest BCUT2D eigenvalue weighted by atomic mass is 9.98. The molecule has 1 atom stereocenters. The zero-order chi connectivity index (χ0) is 24.1. The van der Waals surface area contributed by atoms with Crippen LogP contribution in [-0.4, -0.2) is 40.3 Å². The molecule has 8 nitrogen and oxygen atoms in total. The third kappa shape index (κ3) is 5.28. The number of aliphatic carboxylic acids is 1. The van der Waals surface area contributed by atoms with Crippen molar-refractivity contribution >= 4 is 18.0 Å². The molecule has 1 unspecified atom stereocenters. The number of rotatable bonds is 9. The Labute approximate surface area is 197 Å². The molecule has 0 fully saturated rings. The van der Waals surface area contributed by atoms with Crippen LogP contribution in [0.1, 0.15) is 35.4 Å². The molecule has 2 aromatic carbocycles. The number of carbonyl (C=O) groups excluding carboxylic acids is 2. The van der Waals surface area contributed by atoms with Crippen LogP contribution in [0.2, 0.25) is 0 Å². The van der Waals surface area contributed by atoms with Crippen LogP contribution in [-0.2, 0) is 27.9 Å². The van der Waals surface area contributed by atoms with Crippen molar-refractivity contribution in [2.45, 2.75) is 31.3 Å². The van der Waals surface area contributed by atoms with E-state index in [1.165, 1.54) is 0 Å². The number of aromatic nitrogens is 1. The van der Waals surface area contributed by atoms with Gasteiger partial charge in [0.25, 0.3) is 0 Å². The van der Waals surface area contributed by atoms with E-state index >= 15 is 0 Å². The highest BCUT2D eigenvalue weighted by Gasteiger charge is 2.30. The minimum Gasteiger partial charge on any atom is -0.481 e. The summed E-state index contributed by atoms with van der Waals surface area (Å²) in [5.41, 5.74) is 5.30. The number of alkyl carbamates (subject to hydrolysis) is 1. The molecule has 4 rings (SSSR count). The summed E-state index contributed by atoms with van der Waals surface area (Å²) in [6, 6.07) is 16.9. The number of benzene rings is 2. The maximum atomic E-state index is 12.7. The number of fused-ring (bicyclic) bond motifs is 3. The molecule has 2 amide bonds. The molecule has 8 heteroatoms. The highest BCUT2D eigenvalue weighted by Crippen LogP contribution is 2.44. The van der Waals surface area contributed by atoms with Crippen molar-refractivity contribution in [3.05, 3.63) is 83.7 Å². The number of carboxylic acid groups (broad SMARTS) is 1. The Bertz CT molecular complexity index is 1160. The number of hydrogen-bond donors (Lipinski definition) is 3. The molecule has 0 saturated carbocycles. The van der Waals surface area contributed by atoms with Gasteiger partial charge < -0.3 is 25.0 Å². The predicted octanol–water partition coefficient (Wildman–Crippen LogP) is 3.41. The lowest BCUT2D eigenvalue weighted by molar-refractivity contribution is -0.137. The third-order valence-electron chi connectivity index (χ3n) is 5.96. The zero-order valence-corrected chi connectivity index (χ0v) is 18.9. The number of carbonyl (C=O) groups is 3. The van der Waals surface area contributed by atoms with Crippen LogP contribution in [0.4, 0.5) is 4.79 Å². The predicted molar refractivity (Wildman–Crippen MR) is 126 cm³/mol. The number of hydrogen-bond acceptors (Lipinski definition) is 4. The number of ether oxygens (including phenoxy) is 1. The van der Waals surface area contributed by atoms with Crippen LogP contribution in [0.3, 0.4) is 0 Å². The fraction of sp³-hybridized carbons (Fsp3) is 0.269. The molecular formula is C26H27N3O5. The van der Waals surface area contributed by atoms with Crippen LogP contribution >= 0.6 is 0 Å². The molecule has 176 valence electrons. The summed E-state index contributed by atoms with van der Waals surface area (Å²) in [4.78, 5) is 36.3. The Hall–Kier alpha value is -4.07. The van der Waals surface area contributed by atoms with Crippen molar-refractivity contribution in [2.75, 3.05) is 6.61 Å². The zero-order valence-electron chi connectivity index (χ0n) is 18.9. The van der Waals surface area contributed by atoms with Gasteiger partial charge in [0.05, 0.1) is 0 Å². The number of aryl methyl sites for hydroxylation is 1. The fourth-order valence-electron chi connectivity index (χ4n) is 4.30. The van der Waals surface area contributed by atoms with Crippen LogP contribution in [0, 0.1) is 0 Å². The van der Waals surface area contributed by atoms with E-state index in [-0.39, 0.29) is 31.9 Å². The number of nitrogens with one attached hydrogen (secondary N) is 2. The van der Waals surface area contributed by atoms with E-state index in [2.05, 4.69) is 10.6 Å². The Morgan fingerprint density at radius 2 is 1.68 bits per heavy atom. The van der Waals surface area contributed by atoms with Crippen LogP contribution in [0.25, 0.3) is 11.1 Å². The van der Waals surface area contributed by atoms with Gasteiger partial charge in [0.15, 0.2) is 0 Å². The molecule has 0 aliphatic heterocycles. The summed E-state index contributed by atoms with van der Waals surface area (Å²) in [6.45, 7) is 0.382. The molecule has 3 aromatic rings. The van der Waals surface area contributed by atoms with E-state index in [9.17, 15) is 14.4 Å². The van der Waals surface area contributed by atoms with Crippen molar-refractivity contribution in [3.8, 4) is 11.1 Å². The summed E-state index contributed by atoms with van der Waals surface area (Å²) < 4.78 is 7.37. The van der Waals surface area contributed by atoms with Crippen LogP contribution in [0.5, 0.6) is 0 Å². The van der Waals surface area contributed by atoms with Gasteiger partial charge >= 0.3 is 12.1 Å². The molecule has 34 heavy (non-hydrogen) atoms. The number of nitrogens with zero attached hydrogens (tertiary/aromatic N) is 1. The standard InChI is InChI=1S/C26H27N3O5/c1-29-13-12-17(15-29)14-27-25(32)23(10-11-24(30)31)28-26(33)34-16-22-20-8-4-2-6-18(20)19-7-3-5-9-21(19)22/h2-9,12-13,15,22-23H,10-11,14,16H2,1H3,(H,27,32)(H,28,33)(H,30,31). The first kappa shape index (κ1) is 23.1. The minimum atomic E-state index is -1.05. The average Bonchev–Trinajstić information content (AvgIpc) is 3.39. The topological polar surface area (TPSA) is 110 Å². The molecular weight excluding hydrogens is 434 g/mol. The molecule has 0 radical (unpaired) electrons. The van der Waals surface area contributed by atoms with Gasteiger partial charge in [0, 0.05) is 38.3 Å². The van der Waals surface area contributed by atoms with Gasteiger partial charge in [0.2, 0.25) is 5.91 Å². The van der Waals surface area contributed by atoms with Crippen LogP contribution in [0.15, 0.2) is 67.0 Å². The van der Waals surface area contributed by atoms with Crippen molar-refractivity contribution in [1.29, 1.82) is 0 Å². The fourth-order valence-corrected chi connectivity index (χ4v) is 4.30. The number of amides is 2. The van der Waals surface area contributed by atoms with E-state index in [4.69, 9.17) is 9.84 Å². The third-order valence-corrected chi connectivity index (χ3v) is 5.96. The summed E-state index contributed by atoms with van der Waals surface area (Å²) in [7, 11) is 1.87. The quantitative estimate of drug-likeness (QED) is 0.452. The maximum Gasteiger partial charge on any atom is 0.407 e. The summed E-state index contributed by atoms with van der Waals surface area (Å²) in [5, 5.41) is 14.3. The van der Waals surface area contributed by atoms with Gasteiger partial charge in [0.1, 0.15) is 12.6 Å². The second-order valence-corrected chi connectivity index (χ2v) is 8.36. The van der Waals surface area contributed by atoms with Crippen molar-refractivity contribution in [1.82, 2.24) is 15.2 Å². The average molecular weight is 462 g/mol. The molecule has 1 aliphatic rings. The Morgan fingerprint density at radius 3 is 2.26 bits per heavy atom. The number of carboxylic acids is 1. The van der Waals surface area contributed by atoms with E-state index in [1.54, 1.807) is 0 Å². The van der Waals surface area contributed by atoms with Crippen molar-refractivity contribution in [2.24, 2.45) is 7.05 Å². The van der Waals surface area contributed by atoms with Gasteiger partial charge in [-0.1, -0.05) is 48.5 Å². The Balaban J connectivity index is 1.38. The molecule has 0 bridgehead atoms. The molecule has 0 spiro atoms. The van der Waals surface area contributed by atoms with E-state index in [1.807, 2.05) is 78.6 Å². The molecule has 1 aliphatic carbocycles. The smallest absolute Gasteiger partial charge is 0.407 e. The lowest BCUT2D eigenvalue weighted by Gasteiger charge is -2.19. The first-order chi connectivity index (χ1) is 16.4. The summed E-state index contributed by atoms with van der Waals surface area (Å²) in [5.74, 6) is -1.61. The largest absolute Gasteiger partial charge is 0.481 e. The second kappa shape index (κ2) is 10.2. The normalized spacial score (nSPS) is 13.0. The van der Waals surface area contributed by atoms with E-state index in [0.29, 0.717) is 0 Å². The van der Waals surface area contributed by atoms with Gasteiger partial charge in [-0.3, -0.25) is 9.59 Å². The Kier molecular flexibility index (Phi) is 6.96. The highest BCUT2D eigenvalue weighted by molar-refractivity contribution is 5.86. The van der Waals surface area contributed by atoms with Gasteiger partial charge in [-0.2, -0.15) is 0 Å². The summed E-state index contributed by atoms with van der Waals surface area (Å²) >= 11 is 0. The highest BCUT2D eigenvalue weighted by atomic mass is 16.5. The van der Waals surface area contributed by atoms with E-state index < -0.39 is 24.0 Å². The molecule has 1 heterocycles. The SMILES string of the molecule is Cn1ccc(CNC(=O)C(CCC(=O)O)NC(=O)OCC2c3ccccc3-c3ccccc32)c1. The maximum absolute atomic E-state index is 12.7. The van der Waals surface area contributed by atoms with E-state index in [0.717, 1.165) is 27.8 Å². The molecule has 1 aromatic heterocycles. The van der Waals surface area contributed by atoms with Crippen molar-refractivity contribution in [3.63, 3.8) is 0 Å². The van der Waals surface area contributed by atoms with Crippen molar-refractivity contribution < 1.29 is 24.2 Å². The lowest BCUT2D eigenvalue weighted by Crippen LogP contribution is -2.47. The first-order valence-electron chi connectivity index (χ1n) is 11.1. The first-order valence-corrected chi connectivity index (χ1v) is 11.1. The molecule has 3 N–H and O–H groups in total. The van der Waals surface area contributed by atoms with Gasteiger partial charge in [-0.25, -0.2) is 4.79 Å². The second-order valence-electron chi connectivity index (χ2n) is 8.36. The Morgan fingerprint density at radius 1 is 1.03 bits per heavy atom. The summed E-state index contributed by atoms with van der Waals surface area (Å²) in [6.07, 6.45) is 2.67. The van der Waals surface area contributed by atoms with Crippen LogP contribution < -0.4 is 10.6 Å². The monoisotopic (exact) mass is 461 g/mol. The van der Waals surface area contributed by atoms with Gasteiger partial charge in [-0.15, -0.1) is 0 Å². The van der Waals surface area contributed by atoms with Gasteiger partial charge in [-0.05, 0) is 40.3 Å². The molecule has 0 saturated heterocycles.